The number of fused-ring (bicyclic) bond motifs is 1. The van der Waals surface area contributed by atoms with E-state index in [4.69, 9.17) is 0 Å². The number of carbonyl (C=O) groups is 2. The molecule has 0 saturated heterocycles. The molecule has 1 saturated carbocycles. The second-order valence-electron chi connectivity index (χ2n) is 8.66. The number of Topliss-reactive ketones (excluding diaryl/α,β-unsaturated/α-hetero) is 1. The van der Waals surface area contributed by atoms with Crippen molar-refractivity contribution in [2.45, 2.75) is 45.4 Å². The molecule has 8 nitrogen and oxygen atoms in total. The van der Waals surface area contributed by atoms with Crippen LogP contribution in [-0.4, -0.2) is 31.8 Å². The first kappa shape index (κ1) is 22.2. The van der Waals surface area contributed by atoms with E-state index < -0.39 is 6.03 Å². The SMILES string of the molecule is Cc1ccc(NC(=O)Nc2ncc(CCc3nc4ncccc4[nH]3)s2)c(C(=O)C2CCCC2)c1. The van der Waals surface area contributed by atoms with Gasteiger partial charge in [-0.25, -0.2) is 19.7 Å². The van der Waals surface area contributed by atoms with Gasteiger partial charge in [0.05, 0.1) is 11.2 Å². The maximum Gasteiger partial charge on any atom is 0.325 e. The molecule has 1 aromatic carbocycles. The maximum atomic E-state index is 13.0. The number of benzene rings is 1. The molecule has 0 unspecified atom stereocenters. The van der Waals surface area contributed by atoms with Crippen LogP contribution in [0.1, 0.15) is 52.3 Å². The number of aromatic nitrogens is 4. The van der Waals surface area contributed by atoms with E-state index in [1.807, 2.05) is 31.2 Å². The second kappa shape index (κ2) is 9.72. The van der Waals surface area contributed by atoms with Gasteiger partial charge in [-0.3, -0.25) is 10.1 Å². The van der Waals surface area contributed by atoms with Crippen LogP contribution in [0.15, 0.2) is 42.7 Å². The van der Waals surface area contributed by atoms with Gasteiger partial charge in [0.1, 0.15) is 5.82 Å². The number of pyridine rings is 1. The number of imidazole rings is 1. The van der Waals surface area contributed by atoms with E-state index in [0.29, 0.717) is 22.0 Å². The van der Waals surface area contributed by atoms with Gasteiger partial charge >= 0.3 is 6.03 Å². The number of hydrogen-bond acceptors (Lipinski definition) is 6. The molecule has 0 aliphatic heterocycles. The van der Waals surface area contributed by atoms with E-state index in [-0.39, 0.29) is 11.7 Å². The van der Waals surface area contributed by atoms with Crippen molar-refractivity contribution in [2.24, 2.45) is 5.92 Å². The highest BCUT2D eigenvalue weighted by Crippen LogP contribution is 2.31. The first-order valence-corrected chi connectivity index (χ1v) is 12.3. The van der Waals surface area contributed by atoms with Crippen molar-refractivity contribution in [3.8, 4) is 0 Å². The minimum Gasteiger partial charge on any atom is -0.341 e. The summed E-state index contributed by atoms with van der Waals surface area (Å²) < 4.78 is 0. The number of H-pyrrole nitrogens is 1. The Bertz CT molecular complexity index is 1310. The Morgan fingerprint density at radius 1 is 1.12 bits per heavy atom. The highest BCUT2D eigenvalue weighted by molar-refractivity contribution is 7.15. The quantitative estimate of drug-likeness (QED) is 0.305. The van der Waals surface area contributed by atoms with E-state index in [9.17, 15) is 9.59 Å². The Morgan fingerprint density at radius 3 is 2.79 bits per heavy atom. The lowest BCUT2D eigenvalue weighted by Crippen LogP contribution is -2.22. The number of urea groups is 1. The van der Waals surface area contributed by atoms with Crippen LogP contribution in [0.2, 0.25) is 0 Å². The first-order valence-electron chi connectivity index (χ1n) is 11.5. The van der Waals surface area contributed by atoms with Crippen molar-refractivity contribution >= 4 is 45.1 Å². The molecule has 2 amide bonds. The van der Waals surface area contributed by atoms with Gasteiger partial charge in [0, 0.05) is 35.2 Å². The van der Waals surface area contributed by atoms with Crippen LogP contribution in [0.5, 0.6) is 0 Å². The normalized spacial score (nSPS) is 13.9. The van der Waals surface area contributed by atoms with E-state index in [0.717, 1.165) is 60.3 Å². The fraction of sp³-hybridized carbons (Fsp3) is 0.320. The number of carbonyl (C=O) groups excluding carboxylic acids is 2. The number of thiazole rings is 1. The highest BCUT2D eigenvalue weighted by Gasteiger charge is 2.26. The standard InChI is InChI=1S/C25H26N6O2S/c1-15-8-10-19(18(13-15)22(32)16-5-2-3-6-16)29-24(33)31-25-27-14-17(34-25)9-11-21-28-20-7-4-12-26-23(20)30-21/h4,7-8,10,12-14,16H,2-3,5-6,9,11H2,1H3,(H,26,28,30)(H2,27,29,31,33). The van der Waals surface area contributed by atoms with Gasteiger partial charge in [0.15, 0.2) is 16.6 Å². The molecule has 174 valence electrons. The summed E-state index contributed by atoms with van der Waals surface area (Å²) in [5, 5.41) is 6.15. The zero-order chi connectivity index (χ0) is 23.5. The molecule has 4 aromatic rings. The molecule has 9 heteroatoms. The molecule has 3 N–H and O–H groups in total. The molecule has 3 heterocycles. The highest BCUT2D eigenvalue weighted by atomic mass is 32.1. The number of nitrogens with one attached hydrogen (secondary N) is 3. The van der Waals surface area contributed by atoms with Crippen molar-refractivity contribution in [2.75, 3.05) is 10.6 Å². The monoisotopic (exact) mass is 474 g/mol. The zero-order valence-electron chi connectivity index (χ0n) is 18.9. The van der Waals surface area contributed by atoms with Gasteiger partial charge in [-0.05, 0) is 50.5 Å². The zero-order valence-corrected chi connectivity index (χ0v) is 19.7. The van der Waals surface area contributed by atoms with Gasteiger partial charge in [-0.15, -0.1) is 11.3 Å². The summed E-state index contributed by atoms with van der Waals surface area (Å²) in [5.74, 6) is 1.04. The van der Waals surface area contributed by atoms with Crippen LogP contribution in [0.3, 0.4) is 0 Å². The Labute approximate surface area is 201 Å². The average molecular weight is 475 g/mol. The molecule has 34 heavy (non-hydrogen) atoms. The van der Waals surface area contributed by atoms with Crippen LogP contribution < -0.4 is 10.6 Å². The third-order valence-corrected chi connectivity index (χ3v) is 7.08. The first-order chi connectivity index (χ1) is 16.5. The van der Waals surface area contributed by atoms with Gasteiger partial charge in [-0.2, -0.15) is 0 Å². The van der Waals surface area contributed by atoms with Crippen LogP contribution in [0, 0.1) is 12.8 Å². The Kier molecular flexibility index (Phi) is 6.35. The summed E-state index contributed by atoms with van der Waals surface area (Å²) in [6.45, 7) is 1.95. The molecule has 5 rings (SSSR count). The van der Waals surface area contributed by atoms with E-state index in [2.05, 4.69) is 30.6 Å². The van der Waals surface area contributed by atoms with Crippen molar-refractivity contribution in [3.63, 3.8) is 0 Å². The third kappa shape index (κ3) is 4.99. The number of amides is 2. The van der Waals surface area contributed by atoms with Crippen LogP contribution >= 0.6 is 11.3 Å². The van der Waals surface area contributed by atoms with Crippen molar-refractivity contribution < 1.29 is 9.59 Å². The number of hydrogen-bond donors (Lipinski definition) is 3. The summed E-state index contributed by atoms with van der Waals surface area (Å²) in [6, 6.07) is 8.98. The molecule has 0 spiro atoms. The number of rotatable bonds is 7. The van der Waals surface area contributed by atoms with Crippen molar-refractivity contribution in [3.05, 3.63) is 64.6 Å². The number of nitrogens with zero attached hydrogens (tertiary/aromatic N) is 3. The molecule has 3 aromatic heterocycles. The van der Waals surface area contributed by atoms with Crippen molar-refractivity contribution in [1.82, 2.24) is 19.9 Å². The predicted octanol–water partition coefficient (Wildman–Crippen LogP) is 5.52. The minimum atomic E-state index is -0.409. The largest absolute Gasteiger partial charge is 0.341 e. The summed E-state index contributed by atoms with van der Waals surface area (Å²) in [4.78, 5) is 43.1. The summed E-state index contributed by atoms with van der Waals surface area (Å²) >= 11 is 1.42. The Hall–Kier alpha value is -3.59. The maximum absolute atomic E-state index is 13.0. The predicted molar refractivity (Wildman–Crippen MR) is 134 cm³/mol. The number of anilines is 2. The van der Waals surface area contributed by atoms with Crippen molar-refractivity contribution in [1.29, 1.82) is 0 Å². The number of ketones is 1. The molecular formula is C25H26N6O2S. The van der Waals surface area contributed by atoms with Crippen LogP contribution in [0.4, 0.5) is 15.6 Å². The number of aromatic amines is 1. The Morgan fingerprint density at radius 2 is 1.97 bits per heavy atom. The van der Waals surface area contributed by atoms with E-state index in [1.54, 1.807) is 18.5 Å². The van der Waals surface area contributed by atoms with E-state index in [1.165, 1.54) is 11.3 Å². The van der Waals surface area contributed by atoms with Gasteiger partial charge < -0.3 is 10.3 Å². The molecule has 0 radical (unpaired) electrons. The second-order valence-corrected chi connectivity index (χ2v) is 9.78. The van der Waals surface area contributed by atoms with Gasteiger partial charge in [0.2, 0.25) is 0 Å². The lowest BCUT2D eigenvalue weighted by atomic mass is 9.94. The van der Waals surface area contributed by atoms with Gasteiger partial charge in [0.25, 0.3) is 0 Å². The smallest absolute Gasteiger partial charge is 0.325 e. The molecule has 0 bridgehead atoms. The average Bonchev–Trinajstić information content (AvgIpc) is 3.59. The van der Waals surface area contributed by atoms with E-state index >= 15 is 0 Å². The molecule has 1 fully saturated rings. The molecule has 1 aliphatic rings. The lowest BCUT2D eigenvalue weighted by molar-refractivity contribution is 0.0923. The van der Waals surface area contributed by atoms with Crippen LogP contribution in [0.25, 0.3) is 11.2 Å². The fourth-order valence-electron chi connectivity index (χ4n) is 4.37. The van der Waals surface area contributed by atoms with Gasteiger partial charge in [-0.1, -0.05) is 24.5 Å². The summed E-state index contributed by atoms with van der Waals surface area (Å²) in [7, 11) is 0. The number of aryl methyl sites for hydroxylation is 3. The Balaban J connectivity index is 1.20. The molecular weight excluding hydrogens is 448 g/mol. The van der Waals surface area contributed by atoms with Crippen LogP contribution in [-0.2, 0) is 12.8 Å². The topological polar surface area (TPSA) is 113 Å². The lowest BCUT2D eigenvalue weighted by Gasteiger charge is -2.14. The summed E-state index contributed by atoms with van der Waals surface area (Å²) in [6.07, 6.45) is 8.98. The molecule has 1 aliphatic carbocycles. The summed E-state index contributed by atoms with van der Waals surface area (Å²) in [5.41, 5.74) is 3.75. The minimum absolute atomic E-state index is 0.0504. The third-order valence-electron chi connectivity index (χ3n) is 6.10. The molecule has 0 atom stereocenters. The fourth-order valence-corrected chi connectivity index (χ4v) is 5.17.